The van der Waals surface area contributed by atoms with Crippen LogP contribution in [-0.2, 0) is 0 Å². The maximum Gasteiger partial charge on any atom is 0.263 e. The molecule has 1 unspecified atom stereocenters. The highest BCUT2D eigenvalue weighted by Crippen LogP contribution is 2.33. The fourth-order valence-electron chi connectivity index (χ4n) is 2.63. The molecule has 2 aromatic rings. The second kappa shape index (κ2) is 4.09. The van der Waals surface area contributed by atoms with Crippen LogP contribution < -0.4 is 15.2 Å². The van der Waals surface area contributed by atoms with E-state index in [9.17, 15) is 4.79 Å². The summed E-state index contributed by atoms with van der Waals surface area (Å²) in [6.07, 6.45) is 1.41. The van der Waals surface area contributed by atoms with Gasteiger partial charge in [0.25, 0.3) is 5.91 Å². The van der Waals surface area contributed by atoms with E-state index in [0.29, 0.717) is 5.56 Å². The van der Waals surface area contributed by atoms with Gasteiger partial charge in [0.2, 0.25) is 6.29 Å². The molecule has 0 saturated heterocycles. The molecule has 2 aliphatic rings. The van der Waals surface area contributed by atoms with Crippen molar-refractivity contribution in [3.8, 4) is 0 Å². The van der Waals surface area contributed by atoms with Crippen molar-refractivity contribution in [3.63, 3.8) is 0 Å². The molecule has 2 aromatic carbocycles. The van der Waals surface area contributed by atoms with E-state index in [1.54, 1.807) is 11.2 Å². The molecule has 0 fully saturated rings. The van der Waals surface area contributed by atoms with Gasteiger partial charge in [-0.3, -0.25) is 20.0 Å². The van der Waals surface area contributed by atoms with Crippen molar-refractivity contribution in [3.05, 3.63) is 60.2 Å². The van der Waals surface area contributed by atoms with Crippen LogP contribution in [0.15, 0.2) is 59.7 Å². The summed E-state index contributed by atoms with van der Waals surface area (Å²) in [7, 11) is 0. The second-order valence-electron chi connectivity index (χ2n) is 4.68. The number of hydrazone groups is 1. The maximum atomic E-state index is 12.8. The molecule has 0 saturated carbocycles. The highest BCUT2D eigenvalue weighted by molar-refractivity contribution is 6.14. The minimum atomic E-state index is -0.306. The average molecular weight is 264 g/mol. The summed E-state index contributed by atoms with van der Waals surface area (Å²) < 4.78 is 0. The van der Waals surface area contributed by atoms with Gasteiger partial charge in [0.1, 0.15) is 6.34 Å². The van der Waals surface area contributed by atoms with E-state index >= 15 is 0 Å². The zero-order chi connectivity index (χ0) is 13.5. The Morgan fingerprint density at radius 1 is 1.00 bits per heavy atom. The first-order chi connectivity index (χ1) is 9.86. The van der Waals surface area contributed by atoms with Crippen LogP contribution in [0.3, 0.4) is 0 Å². The van der Waals surface area contributed by atoms with E-state index in [4.69, 9.17) is 0 Å². The van der Waals surface area contributed by atoms with Gasteiger partial charge in [-0.1, -0.05) is 30.3 Å². The van der Waals surface area contributed by atoms with Crippen molar-refractivity contribution in [1.29, 1.82) is 0 Å². The molecule has 4 rings (SSSR count). The monoisotopic (exact) mass is 264 g/mol. The fourth-order valence-corrected chi connectivity index (χ4v) is 2.63. The molecule has 0 spiro atoms. The van der Waals surface area contributed by atoms with Crippen LogP contribution in [0.5, 0.6) is 0 Å². The number of nitrogens with one attached hydrogen (secondary N) is 1. The summed E-state index contributed by atoms with van der Waals surface area (Å²) >= 11 is 0. The van der Waals surface area contributed by atoms with Gasteiger partial charge in [0.05, 0.1) is 11.3 Å². The lowest BCUT2D eigenvalue weighted by molar-refractivity contribution is 0.0968. The summed E-state index contributed by atoms with van der Waals surface area (Å²) in [6.45, 7) is 0. The molecule has 2 heterocycles. The Bertz CT molecular complexity index is 698. The first kappa shape index (κ1) is 11.0. The van der Waals surface area contributed by atoms with Gasteiger partial charge >= 0.3 is 0 Å². The lowest BCUT2D eigenvalue weighted by Crippen LogP contribution is -2.57. The summed E-state index contributed by atoms with van der Waals surface area (Å²) in [6, 6.07) is 17.2. The number of anilines is 2. The van der Waals surface area contributed by atoms with Gasteiger partial charge in [-0.2, -0.15) is 5.10 Å². The molecule has 0 aromatic heterocycles. The number of fused-ring (bicyclic) bond motifs is 3. The molecule has 2 aliphatic heterocycles. The molecule has 1 N–H and O–H groups in total. The molecule has 1 atom stereocenters. The van der Waals surface area contributed by atoms with Crippen LogP contribution in [0, 0.1) is 0 Å². The maximum absolute atomic E-state index is 12.8. The molecule has 0 aliphatic carbocycles. The standard InChI is InChI=1S/C15H12N4O/c20-14-12-8-4-5-9-13(12)18-10-16-17-15(18)19(14)11-6-2-1-3-7-11/h1-10,15,17H. The number of benzene rings is 2. The van der Waals surface area contributed by atoms with Crippen LogP contribution >= 0.6 is 0 Å². The molecule has 5 nitrogen and oxygen atoms in total. The van der Waals surface area contributed by atoms with Crippen LogP contribution in [0.2, 0.25) is 0 Å². The Hall–Kier alpha value is -2.82. The van der Waals surface area contributed by atoms with Gasteiger partial charge in [-0.15, -0.1) is 0 Å². The number of hydrogen-bond acceptors (Lipinski definition) is 4. The lowest BCUT2D eigenvalue weighted by Gasteiger charge is -2.39. The van der Waals surface area contributed by atoms with E-state index in [1.807, 2.05) is 59.5 Å². The van der Waals surface area contributed by atoms with Gasteiger partial charge in [0, 0.05) is 5.69 Å². The summed E-state index contributed by atoms with van der Waals surface area (Å²) in [5.41, 5.74) is 5.39. The van der Waals surface area contributed by atoms with Crippen LogP contribution in [-0.4, -0.2) is 18.5 Å². The third kappa shape index (κ3) is 1.43. The quantitative estimate of drug-likeness (QED) is 0.856. The van der Waals surface area contributed by atoms with Gasteiger partial charge in [-0.05, 0) is 24.3 Å². The number of amides is 1. The van der Waals surface area contributed by atoms with E-state index < -0.39 is 0 Å². The third-order valence-corrected chi connectivity index (χ3v) is 3.55. The first-order valence-electron chi connectivity index (χ1n) is 6.41. The number of carbonyl (C=O) groups excluding carboxylic acids is 1. The molecular weight excluding hydrogens is 252 g/mol. The van der Waals surface area contributed by atoms with Gasteiger partial charge in [0.15, 0.2) is 0 Å². The van der Waals surface area contributed by atoms with Crippen molar-refractivity contribution in [2.75, 3.05) is 9.80 Å². The predicted molar refractivity (Wildman–Crippen MR) is 77.6 cm³/mol. The molecule has 0 radical (unpaired) electrons. The van der Waals surface area contributed by atoms with Crippen LogP contribution in [0.4, 0.5) is 11.4 Å². The average Bonchev–Trinajstić information content (AvgIpc) is 2.98. The minimum Gasteiger partial charge on any atom is -0.290 e. The van der Waals surface area contributed by atoms with Crippen molar-refractivity contribution in [2.24, 2.45) is 5.10 Å². The minimum absolute atomic E-state index is 0.0222. The number of para-hydroxylation sites is 2. The lowest BCUT2D eigenvalue weighted by atomic mass is 10.1. The zero-order valence-electron chi connectivity index (χ0n) is 10.6. The number of nitrogens with zero attached hydrogens (tertiary/aromatic N) is 3. The number of carbonyl (C=O) groups is 1. The van der Waals surface area contributed by atoms with E-state index in [0.717, 1.165) is 11.4 Å². The zero-order valence-corrected chi connectivity index (χ0v) is 10.6. The van der Waals surface area contributed by atoms with E-state index in [-0.39, 0.29) is 12.2 Å². The predicted octanol–water partition coefficient (Wildman–Crippen LogP) is 1.98. The van der Waals surface area contributed by atoms with E-state index in [2.05, 4.69) is 10.5 Å². The summed E-state index contributed by atoms with van der Waals surface area (Å²) in [5.74, 6) is -0.0222. The Morgan fingerprint density at radius 2 is 1.75 bits per heavy atom. The topological polar surface area (TPSA) is 47.9 Å². The van der Waals surface area contributed by atoms with Crippen molar-refractivity contribution < 1.29 is 4.79 Å². The molecule has 20 heavy (non-hydrogen) atoms. The molecular formula is C15H12N4O. The Balaban J connectivity index is 1.88. The Labute approximate surface area is 116 Å². The third-order valence-electron chi connectivity index (χ3n) is 3.55. The molecule has 1 amide bonds. The van der Waals surface area contributed by atoms with Crippen molar-refractivity contribution in [2.45, 2.75) is 6.29 Å². The fraction of sp³-hybridized carbons (Fsp3) is 0.0667. The Kier molecular flexibility index (Phi) is 2.26. The highest BCUT2D eigenvalue weighted by atomic mass is 16.2. The Morgan fingerprint density at radius 3 is 2.60 bits per heavy atom. The molecule has 98 valence electrons. The second-order valence-corrected chi connectivity index (χ2v) is 4.68. The van der Waals surface area contributed by atoms with Gasteiger partial charge < -0.3 is 0 Å². The smallest absolute Gasteiger partial charge is 0.263 e. The summed E-state index contributed by atoms with van der Waals surface area (Å²) in [4.78, 5) is 16.4. The van der Waals surface area contributed by atoms with Crippen LogP contribution in [0.1, 0.15) is 10.4 Å². The molecule has 5 heteroatoms. The number of rotatable bonds is 1. The van der Waals surface area contributed by atoms with Crippen molar-refractivity contribution >= 4 is 23.6 Å². The number of hydrogen-bond donors (Lipinski definition) is 1. The normalized spacial score (nSPS) is 19.6. The SMILES string of the molecule is O=C1c2ccccc2N2C=NNC2N1c1ccccc1. The van der Waals surface area contributed by atoms with E-state index in [1.165, 1.54) is 0 Å². The largest absolute Gasteiger partial charge is 0.290 e. The first-order valence-corrected chi connectivity index (χ1v) is 6.41. The summed E-state index contributed by atoms with van der Waals surface area (Å²) in [5, 5.41) is 4.09. The highest BCUT2D eigenvalue weighted by Gasteiger charge is 2.39. The van der Waals surface area contributed by atoms with Gasteiger partial charge in [-0.25, -0.2) is 0 Å². The molecule has 0 bridgehead atoms. The van der Waals surface area contributed by atoms with Crippen LogP contribution in [0.25, 0.3) is 0 Å². The van der Waals surface area contributed by atoms with Crippen molar-refractivity contribution in [1.82, 2.24) is 5.43 Å².